The zero-order valence-corrected chi connectivity index (χ0v) is 12.0. The van der Waals surface area contributed by atoms with Crippen molar-refractivity contribution in [2.45, 2.75) is 32.4 Å². The molecule has 3 nitrogen and oxygen atoms in total. The number of pyridine rings is 1. The number of hydrogen-bond acceptors (Lipinski definition) is 3. The van der Waals surface area contributed by atoms with Gasteiger partial charge in [-0.2, -0.15) is 0 Å². The Hall–Kier alpha value is -1.87. The number of nitrogens with one attached hydrogen (secondary N) is 1. The van der Waals surface area contributed by atoms with Gasteiger partial charge in [0.2, 0.25) is 0 Å². The van der Waals surface area contributed by atoms with E-state index < -0.39 is 0 Å². The summed E-state index contributed by atoms with van der Waals surface area (Å²) in [6, 6.07) is 9.13. The lowest BCUT2D eigenvalue weighted by Gasteiger charge is -2.13. The van der Waals surface area contributed by atoms with Gasteiger partial charge in [0.1, 0.15) is 5.75 Å². The van der Waals surface area contributed by atoms with Crippen molar-refractivity contribution in [2.24, 2.45) is 0 Å². The van der Waals surface area contributed by atoms with E-state index in [2.05, 4.69) is 35.4 Å². The Morgan fingerprint density at radius 3 is 2.80 bits per heavy atom. The molecule has 1 fully saturated rings. The summed E-state index contributed by atoms with van der Waals surface area (Å²) in [5.74, 6) is 0.905. The first-order valence-corrected chi connectivity index (χ1v) is 7.08. The first-order valence-electron chi connectivity index (χ1n) is 7.08. The monoisotopic (exact) mass is 268 g/mol. The average molecular weight is 268 g/mol. The van der Waals surface area contributed by atoms with Gasteiger partial charge in [0.25, 0.3) is 0 Å². The summed E-state index contributed by atoms with van der Waals surface area (Å²) in [6.07, 6.45) is 6.40. The van der Waals surface area contributed by atoms with E-state index in [9.17, 15) is 0 Å². The topological polar surface area (TPSA) is 34.1 Å². The average Bonchev–Trinajstić information content (AvgIpc) is 3.29. The van der Waals surface area contributed by atoms with Gasteiger partial charge < -0.3 is 10.1 Å². The summed E-state index contributed by atoms with van der Waals surface area (Å²) >= 11 is 0. The molecule has 0 atom stereocenters. The molecule has 0 bridgehead atoms. The Balaban J connectivity index is 1.94. The van der Waals surface area contributed by atoms with Crippen LogP contribution in [0.5, 0.6) is 5.75 Å². The molecule has 0 amide bonds. The van der Waals surface area contributed by atoms with Gasteiger partial charge in [-0.25, -0.2) is 0 Å². The molecule has 1 saturated carbocycles. The van der Waals surface area contributed by atoms with Crippen molar-refractivity contribution < 1.29 is 4.74 Å². The van der Waals surface area contributed by atoms with Crippen LogP contribution in [0.2, 0.25) is 0 Å². The van der Waals surface area contributed by atoms with Crippen molar-refractivity contribution in [1.29, 1.82) is 0 Å². The minimum atomic E-state index is 0.699. The number of ether oxygens (including phenoxy) is 1. The smallest absolute Gasteiger partial charge is 0.119 e. The van der Waals surface area contributed by atoms with Crippen LogP contribution in [-0.4, -0.2) is 18.1 Å². The third-order valence-electron chi connectivity index (χ3n) is 3.66. The molecule has 0 aliphatic heterocycles. The largest absolute Gasteiger partial charge is 0.497 e. The van der Waals surface area contributed by atoms with Crippen molar-refractivity contribution in [2.75, 3.05) is 7.11 Å². The Bertz CT molecular complexity index is 606. The molecule has 0 saturated heterocycles. The van der Waals surface area contributed by atoms with Gasteiger partial charge in [0.05, 0.1) is 7.11 Å². The molecule has 1 aliphatic rings. The molecule has 1 aromatic heterocycles. The summed E-state index contributed by atoms with van der Waals surface area (Å²) in [5, 5.41) is 3.57. The molecule has 104 valence electrons. The van der Waals surface area contributed by atoms with Crippen LogP contribution in [0.15, 0.2) is 36.7 Å². The summed E-state index contributed by atoms with van der Waals surface area (Å²) in [5.41, 5.74) is 4.85. The van der Waals surface area contributed by atoms with Crippen LogP contribution in [0.3, 0.4) is 0 Å². The number of methoxy groups -OCH3 is 1. The highest BCUT2D eigenvalue weighted by molar-refractivity contribution is 5.68. The molecule has 20 heavy (non-hydrogen) atoms. The van der Waals surface area contributed by atoms with Crippen LogP contribution >= 0.6 is 0 Å². The van der Waals surface area contributed by atoms with Crippen LogP contribution in [0.1, 0.15) is 24.0 Å². The van der Waals surface area contributed by atoms with Crippen LogP contribution in [0.4, 0.5) is 0 Å². The van der Waals surface area contributed by atoms with Gasteiger partial charge in [-0.05, 0) is 54.7 Å². The highest BCUT2D eigenvalue weighted by Crippen LogP contribution is 2.28. The molecular weight excluding hydrogens is 248 g/mol. The van der Waals surface area contributed by atoms with E-state index in [0.717, 1.165) is 12.3 Å². The van der Waals surface area contributed by atoms with Gasteiger partial charge >= 0.3 is 0 Å². The number of hydrogen-bond donors (Lipinski definition) is 1. The highest BCUT2D eigenvalue weighted by atomic mass is 16.5. The zero-order valence-electron chi connectivity index (χ0n) is 12.0. The second kappa shape index (κ2) is 5.63. The van der Waals surface area contributed by atoms with E-state index >= 15 is 0 Å². The Morgan fingerprint density at radius 1 is 1.25 bits per heavy atom. The Kier molecular flexibility index (Phi) is 3.70. The third-order valence-corrected chi connectivity index (χ3v) is 3.66. The maximum Gasteiger partial charge on any atom is 0.119 e. The van der Waals surface area contributed by atoms with E-state index in [1.54, 1.807) is 7.11 Å². The van der Waals surface area contributed by atoms with Gasteiger partial charge in [-0.15, -0.1) is 0 Å². The van der Waals surface area contributed by atoms with Crippen molar-refractivity contribution in [3.05, 3.63) is 47.8 Å². The van der Waals surface area contributed by atoms with E-state index in [1.807, 2.05) is 18.5 Å². The molecule has 0 unspecified atom stereocenters. The fourth-order valence-corrected chi connectivity index (χ4v) is 2.37. The lowest BCUT2D eigenvalue weighted by molar-refractivity contribution is 0.414. The molecule has 0 radical (unpaired) electrons. The van der Waals surface area contributed by atoms with Gasteiger partial charge in [-0.3, -0.25) is 4.98 Å². The van der Waals surface area contributed by atoms with Gasteiger partial charge in [0.15, 0.2) is 0 Å². The molecule has 2 aromatic rings. The zero-order chi connectivity index (χ0) is 13.9. The normalized spacial score (nSPS) is 14.3. The molecular formula is C17H20N2O. The molecule has 1 aliphatic carbocycles. The van der Waals surface area contributed by atoms with Crippen LogP contribution in [0, 0.1) is 6.92 Å². The molecule has 0 spiro atoms. The first-order chi connectivity index (χ1) is 9.76. The summed E-state index contributed by atoms with van der Waals surface area (Å²) in [7, 11) is 1.71. The van der Waals surface area contributed by atoms with Crippen molar-refractivity contribution in [3.8, 4) is 16.9 Å². The second-order valence-electron chi connectivity index (χ2n) is 5.43. The lowest BCUT2D eigenvalue weighted by atomic mass is 9.99. The van der Waals surface area contributed by atoms with E-state index in [0.29, 0.717) is 6.04 Å². The molecule has 1 heterocycles. The predicted molar refractivity (Wildman–Crippen MR) is 80.8 cm³/mol. The number of benzene rings is 1. The molecule has 1 N–H and O–H groups in total. The van der Waals surface area contributed by atoms with Crippen LogP contribution < -0.4 is 10.1 Å². The first kappa shape index (κ1) is 13.1. The van der Waals surface area contributed by atoms with Crippen LogP contribution in [0.25, 0.3) is 11.1 Å². The lowest BCUT2D eigenvalue weighted by Crippen LogP contribution is -2.16. The molecule has 1 aromatic carbocycles. The van der Waals surface area contributed by atoms with Gasteiger partial charge in [-0.1, -0.05) is 6.07 Å². The number of nitrogens with zero attached hydrogens (tertiary/aromatic N) is 1. The van der Waals surface area contributed by atoms with E-state index in [1.165, 1.54) is 35.1 Å². The summed E-state index contributed by atoms with van der Waals surface area (Å²) in [4.78, 5) is 4.30. The number of aryl methyl sites for hydroxylation is 1. The third kappa shape index (κ3) is 2.99. The minimum Gasteiger partial charge on any atom is -0.497 e. The van der Waals surface area contributed by atoms with E-state index in [4.69, 9.17) is 4.74 Å². The molecule has 3 rings (SSSR count). The Labute approximate surface area is 120 Å². The maximum absolute atomic E-state index is 5.35. The number of aromatic nitrogens is 1. The van der Waals surface area contributed by atoms with Crippen molar-refractivity contribution in [3.63, 3.8) is 0 Å². The van der Waals surface area contributed by atoms with Crippen molar-refractivity contribution in [1.82, 2.24) is 10.3 Å². The fourth-order valence-electron chi connectivity index (χ4n) is 2.37. The molecule has 3 heteroatoms. The summed E-state index contributed by atoms with van der Waals surface area (Å²) in [6.45, 7) is 2.95. The Morgan fingerprint density at radius 2 is 2.10 bits per heavy atom. The predicted octanol–water partition coefficient (Wildman–Crippen LogP) is 3.32. The van der Waals surface area contributed by atoms with Gasteiger partial charge in [0, 0.05) is 30.5 Å². The second-order valence-corrected chi connectivity index (χ2v) is 5.43. The fraction of sp³-hybridized carbons (Fsp3) is 0.353. The summed E-state index contributed by atoms with van der Waals surface area (Å²) < 4.78 is 5.35. The minimum absolute atomic E-state index is 0.699. The highest BCUT2D eigenvalue weighted by Gasteiger charge is 2.20. The maximum atomic E-state index is 5.35. The standard InChI is InChI=1S/C17H20N2O/c1-12-7-13(10-18-9-12)17-6-5-16(20-2)8-14(17)11-19-15-3-4-15/h5-10,15,19H,3-4,11H2,1-2H3. The van der Waals surface area contributed by atoms with Crippen molar-refractivity contribution >= 4 is 0 Å². The quantitative estimate of drug-likeness (QED) is 0.903. The van der Waals surface area contributed by atoms with Crippen LogP contribution in [-0.2, 0) is 6.54 Å². The SMILES string of the molecule is COc1ccc(-c2cncc(C)c2)c(CNC2CC2)c1. The number of rotatable bonds is 5. The van der Waals surface area contributed by atoms with E-state index in [-0.39, 0.29) is 0 Å².